The maximum absolute atomic E-state index is 6.32. The molecule has 3 heterocycles. The molecule has 31 heavy (non-hydrogen) atoms. The van der Waals surface area contributed by atoms with Crippen LogP contribution in [0.2, 0.25) is 15.1 Å². The average molecular weight is 508 g/mol. The van der Waals surface area contributed by atoms with Gasteiger partial charge in [-0.2, -0.15) is 4.52 Å². The molecular formula is C21H13Cl3N4OS2. The van der Waals surface area contributed by atoms with Crippen LogP contribution in [0.1, 0.15) is 11.4 Å². The molecule has 2 aromatic carbocycles. The van der Waals surface area contributed by atoms with E-state index in [9.17, 15) is 0 Å². The number of furan rings is 1. The molecule has 0 fully saturated rings. The van der Waals surface area contributed by atoms with E-state index in [0.29, 0.717) is 48.5 Å². The van der Waals surface area contributed by atoms with Crippen LogP contribution in [0.25, 0.3) is 27.1 Å². The first-order chi connectivity index (χ1) is 15.0. The summed E-state index contributed by atoms with van der Waals surface area (Å²) in [5.74, 6) is 1.97. The number of thioether (sulfide) groups is 1. The van der Waals surface area contributed by atoms with Crippen molar-refractivity contribution < 1.29 is 4.42 Å². The van der Waals surface area contributed by atoms with Gasteiger partial charge in [-0.05, 0) is 48.2 Å². The summed E-state index contributed by atoms with van der Waals surface area (Å²) in [6, 6.07) is 15.4. The van der Waals surface area contributed by atoms with Crippen LogP contribution in [0, 0.1) is 0 Å². The van der Waals surface area contributed by atoms with Gasteiger partial charge in [0.25, 0.3) is 0 Å². The average Bonchev–Trinajstić information content (AvgIpc) is 3.48. The molecule has 0 saturated heterocycles. The van der Waals surface area contributed by atoms with Crippen LogP contribution in [0.3, 0.4) is 0 Å². The van der Waals surface area contributed by atoms with Crippen LogP contribution < -0.4 is 0 Å². The van der Waals surface area contributed by atoms with Crippen LogP contribution in [0.4, 0.5) is 0 Å². The van der Waals surface area contributed by atoms with Gasteiger partial charge in [-0.3, -0.25) is 0 Å². The van der Waals surface area contributed by atoms with Gasteiger partial charge in [-0.15, -0.1) is 27.1 Å². The van der Waals surface area contributed by atoms with E-state index in [4.69, 9.17) is 39.2 Å². The van der Waals surface area contributed by atoms with Crippen molar-refractivity contribution in [1.82, 2.24) is 19.8 Å². The van der Waals surface area contributed by atoms with E-state index >= 15 is 0 Å². The predicted octanol–water partition coefficient (Wildman–Crippen LogP) is 7.39. The Kier molecular flexibility index (Phi) is 5.71. The van der Waals surface area contributed by atoms with Crippen molar-refractivity contribution >= 4 is 62.9 Å². The standard InChI is InChI=1S/C21H13Cl3N4OS2/c1-30-12-4-2-11(3-5-12)8-19-25-26-21-28(19)27-20(31-21)18-7-6-17(29-18)13-9-15(23)16(24)10-14(13)22/h2-7,9-10H,8H2,1H3. The maximum Gasteiger partial charge on any atom is 0.235 e. The van der Waals surface area contributed by atoms with Crippen molar-refractivity contribution in [1.29, 1.82) is 0 Å². The van der Waals surface area contributed by atoms with Crippen molar-refractivity contribution in [3.8, 4) is 22.1 Å². The number of hydrogen-bond acceptors (Lipinski definition) is 6. The topological polar surface area (TPSA) is 56.2 Å². The fourth-order valence-electron chi connectivity index (χ4n) is 3.10. The van der Waals surface area contributed by atoms with E-state index in [1.54, 1.807) is 28.4 Å². The number of hydrogen-bond donors (Lipinski definition) is 0. The second kappa shape index (κ2) is 8.48. The number of fused-ring (bicyclic) bond motifs is 1. The molecule has 0 atom stereocenters. The number of halogens is 3. The van der Waals surface area contributed by atoms with Crippen molar-refractivity contribution in [3.63, 3.8) is 0 Å². The summed E-state index contributed by atoms with van der Waals surface area (Å²) in [6.07, 6.45) is 2.70. The Morgan fingerprint density at radius 1 is 0.935 bits per heavy atom. The summed E-state index contributed by atoms with van der Waals surface area (Å²) < 4.78 is 7.77. The maximum atomic E-state index is 6.32. The molecule has 0 amide bonds. The van der Waals surface area contributed by atoms with Crippen molar-refractivity contribution in [3.05, 3.63) is 75.0 Å². The molecule has 0 aliphatic carbocycles. The molecule has 0 aliphatic heterocycles. The summed E-state index contributed by atoms with van der Waals surface area (Å²) in [7, 11) is 0. The van der Waals surface area contributed by atoms with Gasteiger partial charge in [0.15, 0.2) is 16.6 Å². The Morgan fingerprint density at radius 3 is 2.45 bits per heavy atom. The molecule has 5 aromatic rings. The zero-order valence-corrected chi connectivity index (χ0v) is 19.9. The first-order valence-electron chi connectivity index (χ1n) is 9.11. The van der Waals surface area contributed by atoms with E-state index in [0.717, 1.165) is 11.4 Å². The third-order valence-corrected chi connectivity index (χ3v) is 7.36. The van der Waals surface area contributed by atoms with Crippen LogP contribution >= 0.6 is 57.9 Å². The second-order valence-corrected chi connectivity index (χ2v) is 9.71. The first-order valence-corrected chi connectivity index (χ1v) is 12.3. The summed E-state index contributed by atoms with van der Waals surface area (Å²) in [6.45, 7) is 0. The highest BCUT2D eigenvalue weighted by Gasteiger charge is 2.18. The Bertz CT molecular complexity index is 1390. The van der Waals surface area contributed by atoms with E-state index in [-0.39, 0.29) is 0 Å². The zero-order chi connectivity index (χ0) is 21.5. The third kappa shape index (κ3) is 4.08. The molecule has 0 unspecified atom stereocenters. The molecule has 0 spiro atoms. The second-order valence-electron chi connectivity index (χ2n) is 6.65. The minimum atomic E-state index is 0.395. The lowest BCUT2D eigenvalue weighted by Crippen LogP contribution is -1.97. The summed E-state index contributed by atoms with van der Waals surface area (Å²) >= 11 is 21.6. The SMILES string of the molecule is CSc1ccc(Cc2nnc3sc(-c4ccc(-c5cc(Cl)c(Cl)cc5Cl)o4)nn23)cc1. The lowest BCUT2D eigenvalue weighted by molar-refractivity contribution is 0.595. The minimum Gasteiger partial charge on any atom is -0.453 e. The number of benzene rings is 2. The van der Waals surface area contributed by atoms with Crippen molar-refractivity contribution in [2.45, 2.75) is 11.3 Å². The zero-order valence-electron chi connectivity index (χ0n) is 16.0. The summed E-state index contributed by atoms with van der Waals surface area (Å²) in [4.78, 5) is 1.93. The van der Waals surface area contributed by atoms with Gasteiger partial charge in [-0.25, -0.2) is 0 Å². The van der Waals surface area contributed by atoms with Gasteiger partial charge in [0.05, 0.1) is 15.1 Å². The van der Waals surface area contributed by atoms with Gasteiger partial charge < -0.3 is 4.42 Å². The highest BCUT2D eigenvalue weighted by Crippen LogP contribution is 2.38. The number of nitrogens with zero attached hydrogens (tertiary/aromatic N) is 4. The van der Waals surface area contributed by atoms with Crippen LogP contribution in [-0.2, 0) is 6.42 Å². The van der Waals surface area contributed by atoms with Crippen LogP contribution in [0.15, 0.2) is 57.8 Å². The van der Waals surface area contributed by atoms with E-state index in [1.165, 1.54) is 16.2 Å². The quantitative estimate of drug-likeness (QED) is 0.183. The molecule has 0 radical (unpaired) electrons. The molecule has 156 valence electrons. The summed E-state index contributed by atoms with van der Waals surface area (Å²) in [5, 5.41) is 15.2. The highest BCUT2D eigenvalue weighted by molar-refractivity contribution is 7.98. The minimum absolute atomic E-state index is 0.395. The molecule has 5 nitrogen and oxygen atoms in total. The van der Waals surface area contributed by atoms with E-state index in [1.807, 2.05) is 12.1 Å². The Labute approximate surface area is 201 Å². The summed E-state index contributed by atoms with van der Waals surface area (Å²) in [5.41, 5.74) is 1.82. The van der Waals surface area contributed by atoms with Gasteiger partial charge in [0, 0.05) is 16.9 Å². The fourth-order valence-corrected chi connectivity index (χ4v) is 4.97. The lowest BCUT2D eigenvalue weighted by Gasteiger charge is -2.03. The lowest BCUT2D eigenvalue weighted by atomic mass is 10.1. The van der Waals surface area contributed by atoms with E-state index < -0.39 is 0 Å². The monoisotopic (exact) mass is 506 g/mol. The molecule has 0 N–H and O–H groups in total. The number of rotatable bonds is 5. The molecule has 3 aromatic heterocycles. The molecular weight excluding hydrogens is 495 g/mol. The van der Waals surface area contributed by atoms with Gasteiger partial charge in [-0.1, -0.05) is 58.3 Å². The van der Waals surface area contributed by atoms with Crippen LogP contribution in [0.5, 0.6) is 0 Å². The molecule has 0 bridgehead atoms. The van der Waals surface area contributed by atoms with Crippen molar-refractivity contribution in [2.75, 3.05) is 6.26 Å². The largest absolute Gasteiger partial charge is 0.453 e. The van der Waals surface area contributed by atoms with Gasteiger partial charge in [0.1, 0.15) is 5.76 Å². The predicted molar refractivity (Wildman–Crippen MR) is 128 cm³/mol. The normalized spacial score (nSPS) is 11.5. The van der Waals surface area contributed by atoms with Crippen LogP contribution in [-0.4, -0.2) is 26.1 Å². The molecule has 0 aliphatic rings. The third-order valence-electron chi connectivity index (χ3n) is 4.67. The van der Waals surface area contributed by atoms with Gasteiger partial charge in [0.2, 0.25) is 4.96 Å². The highest BCUT2D eigenvalue weighted by atomic mass is 35.5. The molecule has 5 rings (SSSR count). The van der Waals surface area contributed by atoms with Gasteiger partial charge >= 0.3 is 0 Å². The van der Waals surface area contributed by atoms with Crippen molar-refractivity contribution in [2.24, 2.45) is 0 Å². The smallest absolute Gasteiger partial charge is 0.235 e. The first kappa shape index (κ1) is 20.8. The molecule has 0 saturated carbocycles. The number of aromatic nitrogens is 4. The Balaban J connectivity index is 1.45. The Hall–Kier alpha value is -2.03. The van der Waals surface area contributed by atoms with E-state index in [2.05, 4.69) is 45.8 Å². The molecule has 10 heteroatoms. The Morgan fingerprint density at radius 2 is 1.68 bits per heavy atom. The fraction of sp³-hybridized carbons (Fsp3) is 0.0952.